The van der Waals surface area contributed by atoms with E-state index >= 15 is 0 Å². The number of nitrogens with zero attached hydrogens (tertiary/aromatic N) is 1. The fraction of sp³-hybridized carbons (Fsp3) is 0.533. The van der Waals surface area contributed by atoms with Crippen LogP contribution in [0.1, 0.15) is 25.7 Å². The molecular weight excluding hydrogens is 290 g/mol. The van der Waals surface area contributed by atoms with Crippen molar-refractivity contribution in [3.05, 3.63) is 23.2 Å². The van der Waals surface area contributed by atoms with Crippen molar-refractivity contribution < 1.29 is 9.90 Å². The number of halogens is 1. The Balaban J connectivity index is 1.94. The highest BCUT2D eigenvalue weighted by atomic mass is 35.5. The third-order valence-corrected chi connectivity index (χ3v) is 4.18. The van der Waals surface area contributed by atoms with Gasteiger partial charge in [-0.3, -0.25) is 9.69 Å². The number of nitrogens with two attached hydrogens (primary N) is 1. The first-order valence-electron chi connectivity index (χ1n) is 7.30. The summed E-state index contributed by atoms with van der Waals surface area (Å²) in [7, 11) is 0. The summed E-state index contributed by atoms with van der Waals surface area (Å²) in [5.41, 5.74) is 6.80. The summed E-state index contributed by atoms with van der Waals surface area (Å²) < 4.78 is 0. The van der Waals surface area contributed by atoms with Gasteiger partial charge in [-0.15, -0.1) is 0 Å². The molecule has 2 rings (SSSR count). The molecule has 1 unspecified atom stereocenters. The number of aliphatic hydroxyl groups excluding tert-OH is 1. The highest BCUT2D eigenvalue weighted by molar-refractivity contribution is 6.33. The molecule has 0 saturated carbocycles. The van der Waals surface area contributed by atoms with Crippen molar-refractivity contribution in [1.82, 2.24) is 4.90 Å². The van der Waals surface area contributed by atoms with E-state index in [4.69, 9.17) is 17.3 Å². The number of aliphatic hydroxyl groups is 1. The maximum Gasteiger partial charge on any atom is 0.238 e. The maximum absolute atomic E-state index is 12.1. The number of benzene rings is 1. The number of carbonyl (C=O) groups is 1. The van der Waals surface area contributed by atoms with Crippen LogP contribution in [0.15, 0.2) is 18.2 Å². The van der Waals surface area contributed by atoms with Gasteiger partial charge in [0.15, 0.2) is 0 Å². The van der Waals surface area contributed by atoms with E-state index in [1.807, 2.05) is 0 Å². The molecule has 116 valence electrons. The van der Waals surface area contributed by atoms with E-state index in [9.17, 15) is 9.90 Å². The number of nitrogens with one attached hydrogen (secondary N) is 1. The first kappa shape index (κ1) is 16.1. The van der Waals surface area contributed by atoms with Crippen LogP contribution in [0.4, 0.5) is 11.4 Å². The molecule has 4 N–H and O–H groups in total. The van der Waals surface area contributed by atoms with Gasteiger partial charge in [-0.25, -0.2) is 0 Å². The number of amides is 1. The van der Waals surface area contributed by atoms with E-state index in [0.29, 0.717) is 16.4 Å². The van der Waals surface area contributed by atoms with Gasteiger partial charge in [-0.05, 0) is 37.6 Å². The maximum atomic E-state index is 12.1. The molecule has 0 spiro atoms. The van der Waals surface area contributed by atoms with Crippen LogP contribution in [-0.2, 0) is 4.79 Å². The third-order valence-electron chi connectivity index (χ3n) is 3.84. The van der Waals surface area contributed by atoms with Crippen molar-refractivity contribution in [1.29, 1.82) is 0 Å². The van der Waals surface area contributed by atoms with Crippen LogP contribution in [0.3, 0.4) is 0 Å². The number of carbonyl (C=O) groups excluding carboxylic acids is 1. The highest BCUT2D eigenvalue weighted by Crippen LogP contribution is 2.22. The molecule has 1 atom stereocenters. The molecule has 5 nitrogen and oxygen atoms in total. The minimum atomic E-state index is -0.0999. The van der Waals surface area contributed by atoms with E-state index in [1.54, 1.807) is 18.2 Å². The molecule has 1 aromatic rings. The standard InChI is InChI=1S/C15H22ClN3O2/c16-13-6-5-11(8-14(13)17)18-15(21)9-19-7-3-1-2-4-12(19)10-20/h5-6,8,12,20H,1-4,7,9-10,17H2,(H,18,21). The molecule has 0 aliphatic carbocycles. The Morgan fingerprint density at radius 2 is 2.24 bits per heavy atom. The summed E-state index contributed by atoms with van der Waals surface area (Å²) in [5, 5.41) is 12.7. The molecule has 1 amide bonds. The number of hydrogen-bond acceptors (Lipinski definition) is 4. The Morgan fingerprint density at radius 1 is 1.43 bits per heavy atom. The molecule has 0 aromatic heterocycles. The van der Waals surface area contributed by atoms with E-state index in [1.165, 1.54) is 0 Å². The lowest BCUT2D eigenvalue weighted by molar-refractivity contribution is -0.118. The van der Waals surface area contributed by atoms with Gasteiger partial charge < -0.3 is 16.2 Å². The molecule has 1 heterocycles. The van der Waals surface area contributed by atoms with Crippen LogP contribution < -0.4 is 11.1 Å². The topological polar surface area (TPSA) is 78.6 Å². The van der Waals surface area contributed by atoms with Crippen LogP contribution in [0.2, 0.25) is 5.02 Å². The van der Waals surface area contributed by atoms with E-state index in [-0.39, 0.29) is 25.1 Å². The minimum Gasteiger partial charge on any atom is -0.397 e. The summed E-state index contributed by atoms with van der Waals surface area (Å²) >= 11 is 5.86. The number of hydrogen-bond donors (Lipinski definition) is 3. The van der Waals surface area contributed by atoms with Gasteiger partial charge >= 0.3 is 0 Å². The summed E-state index contributed by atoms with van der Waals surface area (Å²) in [4.78, 5) is 14.2. The molecule has 1 aliphatic rings. The van der Waals surface area contributed by atoms with Crippen molar-refractivity contribution >= 4 is 28.9 Å². The third kappa shape index (κ3) is 4.59. The summed E-state index contributed by atoms with van der Waals surface area (Å²) in [6.07, 6.45) is 4.27. The number of likely N-dealkylation sites (tertiary alicyclic amines) is 1. The van der Waals surface area contributed by atoms with Gasteiger partial charge in [0.05, 0.1) is 23.9 Å². The van der Waals surface area contributed by atoms with Crippen molar-refractivity contribution in [2.45, 2.75) is 31.7 Å². The highest BCUT2D eigenvalue weighted by Gasteiger charge is 2.22. The lowest BCUT2D eigenvalue weighted by Gasteiger charge is -2.27. The molecule has 6 heteroatoms. The fourth-order valence-electron chi connectivity index (χ4n) is 2.66. The number of anilines is 2. The lowest BCUT2D eigenvalue weighted by Crippen LogP contribution is -2.42. The SMILES string of the molecule is Nc1cc(NC(=O)CN2CCCCCC2CO)ccc1Cl. The molecule has 1 saturated heterocycles. The molecule has 1 aliphatic heterocycles. The Kier molecular flexibility index (Phi) is 5.85. The van der Waals surface area contributed by atoms with Crippen LogP contribution in [0.5, 0.6) is 0 Å². The molecular formula is C15H22ClN3O2. The van der Waals surface area contributed by atoms with Gasteiger partial charge in [-0.1, -0.05) is 24.4 Å². The predicted octanol–water partition coefficient (Wildman–Crippen LogP) is 2.10. The molecule has 0 radical (unpaired) electrons. The fourth-order valence-corrected chi connectivity index (χ4v) is 2.78. The second kappa shape index (κ2) is 7.64. The first-order chi connectivity index (χ1) is 10.1. The Hall–Kier alpha value is -1.30. The summed E-state index contributed by atoms with van der Waals surface area (Å²) in [5.74, 6) is -0.0999. The van der Waals surface area contributed by atoms with Gasteiger partial charge in [-0.2, -0.15) is 0 Å². The van der Waals surface area contributed by atoms with Crippen molar-refractivity contribution in [2.24, 2.45) is 0 Å². The molecule has 1 aromatic carbocycles. The monoisotopic (exact) mass is 311 g/mol. The Bertz CT molecular complexity index is 496. The van der Waals surface area contributed by atoms with E-state index in [0.717, 1.165) is 32.2 Å². The first-order valence-corrected chi connectivity index (χ1v) is 7.67. The second-order valence-electron chi connectivity index (χ2n) is 5.44. The Labute approximate surface area is 130 Å². The van der Waals surface area contributed by atoms with Gasteiger partial charge in [0.1, 0.15) is 0 Å². The van der Waals surface area contributed by atoms with Gasteiger partial charge in [0.2, 0.25) is 5.91 Å². The lowest BCUT2D eigenvalue weighted by atomic mass is 10.1. The second-order valence-corrected chi connectivity index (χ2v) is 5.85. The molecule has 21 heavy (non-hydrogen) atoms. The van der Waals surface area contributed by atoms with Crippen molar-refractivity contribution in [2.75, 3.05) is 30.7 Å². The van der Waals surface area contributed by atoms with Crippen LogP contribution in [0, 0.1) is 0 Å². The number of nitrogen functional groups attached to an aromatic ring is 1. The zero-order valence-electron chi connectivity index (χ0n) is 12.0. The minimum absolute atomic E-state index is 0.0773. The molecule has 0 bridgehead atoms. The van der Waals surface area contributed by atoms with E-state index in [2.05, 4.69) is 10.2 Å². The average molecular weight is 312 g/mol. The van der Waals surface area contributed by atoms with Gasteiger partial charge in [0, 0.05) is 11.7 Å². The van der Waals surface area contributed by atoms with Gasteiger partial charge in [0.25, 0.3) is 0 Å². The summed E-state index contributed by atoms with van der Waals surface area (Å²) in [6, 6.07) is 5.11. The number of rotatable bonds is 4. The quantitative estimate of drug-likeness (QED) is 0.744. The van der Waals surface area contributed by atoms with Crippen LogP contribution in [-0.4, -0.2) is 41.7 Å². The normalized spacial score (nSPS) is 20.0. The summed E-state index contributed by atoms with van der Waals surface area (Å²) in [6.45, 7) is 1.23. The largest absolute Gasteiger partial charge is 0.397 e. The van der Waals surface area contributed by atoms with Crippen molar-refractivity contribution in [3.63, 3.8) is 0 Å². The predicted molar refractivity (Wildman–Crippen MR) is 85.4 cm³/mol. The molecule has 1 fully saturated rings. The van der Waals surface area contributed by atoms with Crippen LogP contribution in [0.25, 0.3) is 0 Å². The zero-order chi connectivity index (χ0) is 15.2. The van der Waals surface area contributed by atoms with Crippen LogP contribution >= 0.6 is 11.6 Å². The smallest absolute Gasteiger partial charge is 0.238 e. The Morgan fingerprint density at radius 3 is 2.95 bits per heavy atom. The zero-order valence-corrected chi connectivity index (χ0v) is 12.8. The van der Waals surface area contributed by atoms with Crippen molar-refractivity contribution in [3.8, 4) is 0 Å². The average Bonchev–Trinajstić information content (AvgIpc) is 2.68. The van der Waals surface area contributed by atoms with E-state index < -0.39 is 0 Å².